The number of hydrogen-bond acceptors (Lipinski definition) is 7. The molecule has 0 saturated carbocycles. The Balaban J connectivity index is 1.66. The number of rotatable bonds is 6. The van der Waals surface area contributed by atoms with Gasteiger partial charge in [0, 0.05) is 6.08 Å². The van der Waals surface area contributed by atoms with E-state index < -0.39 is 11.9 Å². The minimum Gasteiger partial charge on any atom is -0.497 e. The van der Waals surface area contributed by atoms with Crippen LogP contribution in [0.4, 0.5) is 0 Å². The Bertz CT molecular complexity index is 1300. The third-order valence-electron chi connectivity index (χ3n) is 4.82. The predicted octanol–water partition coefficient (Wildman–Crippen LogP) is 4.42. The molecule has 0 bridgehead atoms. The Morgan fingerprint density at radius 1 is 1.29 bits per heavy atom. The molecule has 2 aliphatic heterocycles. The summed E-state index contributed by atoms with van der Waals surface area (Å²) in [5.74, 6) is 0.106. The average molecular weight is 482 g/mol. The summed E-state index contributed by atoms with van der Waals surface area (Å²) in [5, 5.41) is 9.60. The van der Waals surface area contributed by atoms with Gasteiger partial charge in [0.05, 0.1) is 29.9 Å². The Labute approximate surface area is 200 Å². The van der Waals surface area contributed by atoms with Crippen molar-refractivity contribution in [3.8, 4) is 17.2 Å². The van der Waals surface area contributed by atoms with Crippen molar-refractivity contribution in [3.05, 3.63) is 70.0 Å². The SMILES string of the molecule is CCOc1cc(/C=C2\C(=N)N3OC(C)=CC3=NC2=O)cc(Cl)c1OC(=O)c1cccc(OC)c1. The summed E-state index contributed by atoms with van der Waals surface area (Å²) in [4.78, 5) is 34.6. The summed E-state index contributed by atoms with van der Waals surface area (Å²) >= 11 is 6.44. The van der Waals surface area contributed by atoms with Crippen LogP contribution in [0.2, 0.25) is 5.02 Å². The van der Waals surface area contributed by atoms with Crippen molar-refractivity contribution in [3.63, 3.8) is 0 Å². The zero-order valence-corrected chi connectivity index (χ0v) is 19.3. The third-order valence-corrected chi connectivity index (χ3v) is 5.10. The molecule has 2 heterocycles. The van der Waals surface area contributed by atoms with Crippen LogP contribution in [-0.4, -0.2) is 42.3 Å². The summed E-state index contributed by atoms with van der Waals surface area (Å²) in [6.45, 7) is 3.74. The largest absolute Gasteiger partial charge is 0.497 e. The molecule has 0 unspecified atom stereocenters. The van der Waals surface area contributed by atoms with Crippen LogP contribution in [0.3, 0.4) is 0 Å². The molecule has 2 aromatic carbocycles. The van der Waals surface area contributed by atoms with Crippen LogP contribution in [0.1, 0.15) is 29.8 Å². The number of benzene rings is 2. The first kappa shape index (κ1) is 23.1. The van der Waals surface area contributed by atoms with Crippen LogP contribution >= 0.6 is 11.6 Å². The van der Waals surface area contributed by atoms with Gasteiger partial charge in [0.2, 0.25) is 0 Å². The molecule has 4 rings (SSSR count). The molecule has 2 aliphatic rings. The normalized spacial score (nSPS) is 16.0. The first-order valence-electron chi connectivity index (χ1n) is 10.2. The standard InChI is InChI=1S/C24H20ClN3O6/c1-4-32-19-11-14(9-17-22(26)28-20(27-23(17)29)8-13(2)34-28)10-18(25)21(19)33-24(30)15-6-5-7-16(12-15)31-3/h5-12,26H,4H2,1-3H3/b17-9+,26-22?. The van der Waals surface area contributed by atoms with E-state index in [9.17, 15) is 9.59 Å². The highest BCUT2D eigenvalue weighted by molar-refractivity contribution is 6.34. The molecule has 9 nitrogen and oxygen atoms in total. The molecule has 10 heteroatoms. The van der Waals surface area contributed by atoms with E-state index in [1.165, 1.54) is 19.3 Å². The second-order valence-corrected chi connectivity index (χ2v) is 7.61. The van der Waals surface area contributed by atoms with Crippen LogP contribution in [0.25, 0.3) is 6.08 Å². The molecule has 0 saturated heterocycles. The lowest BCUT2D eigenvalue weighted by Gasteiger charge is -2.23. The molecule has 0 aromatic heterocycles. The fourth-order valence-electron chi connectivity index (χ4n) is 3.30. The van der Waals surface area contributed by atoms with E-state index in [2.05, 4.69) is 4.99 Å². The van der Waals surface area contributed by atoms with Crippen LogP contribution < -0.4 is 14.2 Å². The Hall–Kier alpha value is -4.11. The van der Waals surface area contributed by atoms with Crippen molar-refractivity contribution in [2.24, 2.45) is 4.99 Å². The number of nitrogens with zero attached hydrogens (tertiary/aromatic N) is 2. The molecular weight excluding hydrogens is 462 g/mol. The van der Waals surface area contributed by atoms with Gasteiger partial charge in [0.15, 0.2) is 23.2 Å². The zero-order chi connectivity index (χ0) is 24.4. The lowest BCUT2D eigenvalue weighted by atomic mass is 10.1. The molecule has 2 aromatic rings. The van der Waals surface area contributed by atoms with Crippen molar-refractivity contribution >= 4 is 41.2 Å². The fourth-order valence-corrected chi connectivity index (χ4v) is 3.56. The number of amides is 1. The van der Waals surface area contributed by atoms with Gasteiger partial charge in [-0.05, 0) is 55.8 Å². The molecule has 0 spiro atoms. The third kappa shape index (κ3) is 4.51. The number of allylic oxidation sites excluding steroid dienone is 1. The van der Waals surface area contributed by atoms with Crippen molar-refractivity contribution in [2.75, 3.05) is 13.7 Å². The number of ether oxygens (including phenoxy) is 3. The highest BCUT2D eigenvalue weighted by Gasteiger charge is 2.34. The topological polar surface area (TPSA) is 111 Å². The molecule has 0 fully saturated rings. The average Bonchev–Trinajstić information content (AvgIpc) is 3.19. The number of carbonyl (C=O) groups is 2. The summed E-state index contributed by atoms with van der Waals surface area (Å²) in [6.07, 6.45) is 3.02. The highest BCUT2D eigenvalue weighted by Crippen LogP contribution is 2.38. The molecule has 0 radical (unpaired) electrons. The van der Waals surface area contributed by atoms with E-state index in [0.717, 1.165) is 5.06 Å². The van der Waals surface area contributed by atoms with Gasteiger partial charge < -0.3 is 19.0 Å². The van der Waals surface area contributed by atoms with E-state index >= 15 is 0 Å². The minimum absolute atomic E-state index is 0.00601. The Morgan fingerprint density at radius 3 is 2.82 bits per heavy atom. The van der Waals surface area contributed by atoms with Crippen LogP contribution in [-0.2, 0) is 9.63 Å². The van der Waals surface area contributed by atoms with Gasteiger partial charge in [-0.2, -0.15) is 4.99 Å². The van der Waals surface area contributed by atoms with Gasteiger partial charge in [0.25, 0.3) is 5.91 Å². The summed E-state index contributed by atoms with van der Waals surface area (Å²) < 4.78 is 16.3. The van der Waals surface area contributed by atoms with E-state index in [4.69, 9.17) is 36.1 Å². The minimum atomic E-state index is -0.645. The smallest absolute Gasteiger partial charge is 0.343 e. The monoisotopic (exact) mass is 481 g/mol. The van der Waals surface area contributed by atoms with Gasteiger partial charge in [-0.1, -0.05) is 17.7 Å². The molecule has 0 atom stereocenters. The van der Waals surface area contributed by atoms with Crippen LogP contribution in [0.5, 0.6) is 17.2 Å². The molecule has 1 N–H and O–H groups in total. The van der Waals surface area contributed by atoms with E-state index in [0.29, 0.717) is 17.1 Å². The number of hydroxylamine groups is 2. The molecule has 1 amide bonds. The van der Waals surface area contributed by atoms with Gasteiger partial charge in [-0.15, -0.1) is 5.06 Å². The summed E-state index contributed by atoms with van der Waals surface area (Å²) in [7, 11) is 1.50. The van der Waals surface area contributed by atoms with Gasteiger partial charge in [0.1, 0.15) is 11.5 Å². The van der Waals surface area contributed by atoms with Crippen molar-refractivity contribution in [1.82, 2.24) is 5.06 Å². The van der Waals surface area contributed by atoms with Gasteiger partial charge in [-0.25, -0.2) is 4.79 Å². The van der Waals surface area contributed by atoms with Crippen LogP contribution in [0, 0.1) is 5.41 Å². The summed E-state index contributed by atoms with van der Waals surface area (Å²) in [5.41, 5.74) is 0.727. The van der Waals surface area contributed by atoms with Crippen LogP contribution in [0.15, 0.2) is 58.8 Å². The maximum absolute atomic E-state index is 12.7. The zero-order valence-electron chi connectivity index (χ0n) is 18.5. The Morgan fingerprint density at radius 2 is 2.09 bits per heavy atom. The number of carbonyl (C=O) groups excluding carboxylic acids is 2. The van der Waals surface area contributed by atoms with Gasteiger partial charge >= 0.3 is 5.97 Å². The number of halogens is 1. The lowest BCUT2D eigenvalue weighted by molar-refractivity contribution is -0.114. The van der Waals surface area contributed by atoms with E-state index in [1.54, 1.807) is 50.3 Å². The van der Waals surface area contributed by atoms with Crippen molar-refractivity contribution < 1.29 is 28.6 Å². The first-order chi connectivity index (χ1) is 16.3. The van der Waals surface area contributed by atoms with Crippen molar-refractivity contribution in [2.45, 2.75) is 13.8 Å². The van der Waals surface area contributed by atoms with E-state index in [-0.39, 0.29) is 45.9 Å². The maximum atomic E-state index is 12.7. The number of methoxy groups -OCH3 is 1. The number of nitrogens with one attached hydrogen (secondary N) is 1. The fraction of sp³-hybridized carbons (Fsp3) is 0.167. The quantitative estimate of drug-likeness (QED) is 0.369. The second kappa shape index (κ2) is 9.40. The maximum Gasteiger partial charge on any atom is 0.343 e. The van der Waals surface area contributed by atoms with E-state index in [1.807, 2.05) is 0 Å². The highest BCUT2D eigenvalue weighted by atomic mass is 35.5. The predicted molar refractivity (Wildman–Crippen MR) is 125 cm³/mol. The molecule has 34 heavy (non-hydrogen) atoms. The number of hydrogen-bond donors (Lipinski definition) is 1. The Kier molecular flexibility index (Phi) is 6.38. The number of fused-ring (bicyclic) bond motifs is 1. The van der Waals surface area contributed by atoms with Gasteiger partial charge in [-0.3, -0.25) is 10.2 Å². The first-order valence-corrected chi connectivity index (χ1v) is 10.6. The molecule has 174 valence electrons. The lowest BCUT2D eigenvalue weighted by Crippen LogP contribution is -2.38. The molecular formula is C24H20ClN3O6. The number of amidine groups is 2. The van der Waals surface area contributed by atoms with Crippen molar-refractivity contribution in [1.29, 1.82) is 5.41 Å². The number of esters is 1. The summed E-state index contributed by atoms with van der Waals surface area (Å²) in [6, 6.07) is 9.57. The number of aliphatic imine (C=N–C) groups is 1. The second-order valence-electron chi connectivity index (χ2n) is 7.21. The molecule has 0 aliphatic carbocycles.